The molecule has 118 valence electrons. The van der Waals surface area contributed by atoms with E-state index < -0.39 is 0 Å². The predicted octanol–water partition coefficient (Wildman–Crippen LogP) is 2.89. The Morgan fingerprint density at radius 1 is 1.24 bits per heavy atom. The second kappa shape index (κ2) is 8.38. The highest BCUT2D eigenvalue weighted by Crippen LogP contribution is 2.28. The van der Waals surface area contributed by atoms with Gasteiger partial charge >= 0.3 is 0 Å². The Bertz CT molecular complexity index is 363. The first kappa shape index (κ1) is 16.3. The summed E-state index contributed by atoms with van der Waals surface area (Å²) in [4.78, 5) is 12.3. The van der Waals surface area contributed by atoms with Crippen LogP contribution in [-0.2, 0) is 4.79 Å². The summed E-state index contributed by atoms with van der Waals surface area (Å²) in [6, 6.07) is 2.23. The van der Waals surface area contributed by atoms with E-state index >= 15 is 0 Å². The number of nitrogens with zero attached hydrogens (tertiary/aromatic N) is 1. The van der Waals surface area contributed by atoms with Crippen LogP contribution >= 0.6 is 0 Å². The van der Waals surface area contributed by atoms with Crippen molar-refractivity contribution in [2.24, 2.45) is 5.92 Å². The maximum atomic E-state index is 12.3. The van der Waals surface area contributed by atoms with Crippen LogP contribution in [0.25, 0.3) is 0 Å². The molecule has 0 unspecified atom stereocenters. The first-order valence-corrected chi connectivity index (χ1v) is 8.63. The summed E-state index contributed by atoms with van der Waals surface area (Å²) in [5.74, 6) is 0.952. The van der Waals surface area contributed by atoms with Crippen LogP contribution in [0.15, 0.2) is 0 Å². The van der Waals surface area contributed by atoms with Crippen molar-refractivity contribution in [3.63, 3.8) is 0 Å². The Morgan fingerprint density at radius 3 is 2.62 bits per heavy atom. The topological polar surface area (TPSA) is 64.9 Å². The van der Waals surface area contributed by atoms with Crippen LogP contribution in [0.5, 0.6) is 0 Å². The molecule has 0 aromatic rings. The fourth-order valence-corrected chi connectivity index (χ4v) is 3.81. The van der Waals surface area contributed by atoms with E-state index in [-0.39, 0.29) is 11.4 Å². The third kappa shape index (κ3) is 5.32. The summed E-state index contributed by atoms with van der Waals surface area (Å²) in [5.41, 5.74) is -0.134. The van der Waals surface area contributed by atoms with E-state index in [0.717, 1.165) is 44.7 Å². The van der Waals surface area contributed by atoms with Crippen LogP contribution in [0.3, 0.4) is 0 Å². The molecule has 1 aliphatic heterocycles. The number of hydrogen-bond acceptors (Lipinski definition) is 3. The summed E-state index contributed by atoms with van der Waals surface area (Å²) in [7, 11) is 0. The van der Waals surface area contributed by atoms with Gasteiger partial charge in [-0.2, -0.15) is 5.26 Å². The van der Waals surface area contributed by atoms with Gasteiger partial charge in [0.2, 0.25) is 5.91 Å². The first-order chi connectivity index (χ1) is 10.2. The molecule has 21 heavy (non-hydrogen) atoms. The molecule has 0 aromatic carbocycles. The Hall–Kier alpha value is -1.08. The average Bonchev–Trinajstić information content (AvgIpc) is 2.53. The van der Waals surface area contributed by atoms with Crippen molar-refractivity contribution < 1.29 is 4.79 Å². The van der Waals surface area contributed by atoms with Crippen molar-refractivity contribution in [2.45, 2.75) is 76.2 Å². The lowest BCUT2D eigenvalue weighted by Gasteiger charge is -2.38. The normalized spacial score (nSPS) is 22.4. The number of nitrogens with one attached hydrogen (secondary N) is 2. The molecule has 0 atom stereocenters. The van der Waals surface area contributed by atoms with Crippen LogP contribution in [0.1, 0.15) is 70.6 Å². The zero-order chi connectivity index (χ0) is 15.0. The number of amides is 1. The third-order valence-electron chi connectivity index (χ3n) is 5.18. The van der Waals surface area contributed by atoms with E-state index in [1.165, 1.54) is 32.1 Å². The van der Waals surface area contributed by atoms with E-state index in [1.54, 1.807) is 0 Å². The molecule has 2 rings (SSSR count). The molecule has 1 amide bonds. The highest BCUT2D eigenvalue weighted by Gasteiger charge is 2.33. The van der Waals surface area contributed by atoms with Gasteiger partial charge in [-0.15, -0.1) is 0 Å². The van der Waals surface area contributed by atoms with E-state index in [9.17, 15) is 4.79 Å². The van der Waals surface area contributed by atoms with Crippen molar-refractivity contribution >= 4 is 5.91 Å². The van der Waals surface area contributed by atoms with Crippen molar-refractivity contribution in [2.75, 3.05) is 13.1 Å². The summed E-state index contributed by atoms with van der Waals surface area (Å²) in [6.07, 6.45) is 11.6. The van der Waals surface area contributed by atoms with Gasteiger partial charge in [0.15, 0.2) is 0 Å². The summed E-state index contributed by atoms with van der Waals surface area (Å²) >= 11 is 0. The number of piperidine rings is 1. The molecule has 0 bridgehead atoms. The van der Waals surface area contributed by atoms with Gasteiger partial charge in [-0.05, 0) is 44.7 Å². The Morgan fingerprint density at radius 2 is 1.95 bits per heavy atom. The molecule has 1 saturated carbocycles. The molecular formula is C17H29N3O. The van der Waals surface area contributed by atoms with Crippen LogP contribution in [0.2, 0.25) is 0 Å². The molecule has 2 N–H and O–H groups in total. The highest BCUT2D eigenvalue weighted by atomic mass is 16.1. The minimum absolute atomic E-state index is 0.134. The van der Waals surface area contributed by atoms with Crippen LogP contribution in [0.4, 0.5) is 0 Å². The lowest BCUT2D eigenvalue weighted by Crippen LogP contribution is -2.54. The molecule has 1 aliphatic carbocycles. The predicted molar refractivity (Wildman–Crippen MR) is 83.6 cm³/mol. The molecule has 1 saturated heterocycles. The number of carbonyl (C=O) groups excluding carboxylic acids is 1. The SMILES string of the molecule is N#CCCC1(NC(=O)CCC2CCCCC2)CCNCC1. The van der Waals surface area contributed by atoms with Crippen molar-refractivity contribution in [1.29, 1.82) is 5.26 Å². The quantitative estimate of drug-likeness (QED) is 0.791. The van der Waals surface area contributed by atoms with Crippen LogP contribution in [-0.4, -0.2) is 24.5 Å². The summed E-state index contributed by atoms with van der Waals surface area (Å²) < 4.78 is 0. The maximum absolute atomic E-state index is 12.3. The van der Waals surface area contributed by atoms with Crippen LogP contribution < -0.4 is 10.6 Å². The standard InChI is InChI=1S/C17H29N3O/c18-12-4-9-17(10-13-19-14-11-17)20-16(21)8-7-15-5-2-1-3-6-15/h15,19H,1-11,13-14H2,(H,20,21). The van der Waals surface area contributed by atoms with Gasteiger partial charge in [0.1, 0.15) is 0 Å². The lowest BCUT2D eigenvalue weighted by molar-refractivity contribution is -0.123. The number of hydrogen-bond donors (Lipinski definition) is 2. The summed E-state index contributed by atoms with van der Waals surface area (Å²) in [5, 5.41) is 15.5. The molecule has 0 radical (unpaired) electrons. The zero-order valence-electron chi connectivity index (χ0n) is 13.1. The zero-order valence-corrected chi connectivity index (χ0v) is 13.1. The fraction of sp³-hybridized carbons (Fsp3) is 0.882. The van der Waals surface area contributed by atoms with E-state index in [2.05, 4.69) is 16.7 Å². The Balaban J connectivity index is 1.78. The number of rotatable bonds is 6. The molecule has 0 spiro atoms. The smallest absolute Gasteiger partial charge is 0.220 e. The largest absolute Gasteiger partial charge is 0.351 e. The van der Waals surface area contributed by atoms with Crippen LogP contribution in [0, 0.1) is 17.2 Å². The maximum Gasteiger partial charge on any atom is 0.220 e. The minimum Gasteiger partial charge on any atom is -0.351 e. The monoisotopic (exact) mass is 291 g/mol. The van der Waals surface area contributed by atoms with Gasteiger partial charge in [0, 0.05) is 18.4 Å². The highest BCUT2D eigenvalue weighted by molar-refractivity contribution is 5.76. The average molecular weight is 291 g/mol. The lowest BCUT2D eigenvalue weighted by atomic mass is 9.83. The van der Waals surface area contributed by atoms with E-state index in [1.807, 2.05) is 0 Å². The minimum atomic E-state index is -0.134. The molecule has 4 heteroatoms. The van der Waals surface area contributed by atoms with E-state index in [4.69, 9.17) is 5.26 Å². The third-order valence-corrected chi connectivity index (χ3v) is 5.18. The van der Waals surface area contributed by atoms with E-state index in [0.29, 0.717) is 12.8 Å². The van der Waals surface area contributed by atoms with Gasteiger partial charge < -0.3 is 10.6 Å². The van der Waals surface area contributed by atoms with Crippen molar-refractivity contribution in [3.05, 3.63) is 0 Å². The van der Waals surface area contributed by atoms with Gasteiger partial charge in [-0.1, -0.05) is 32.1 Å². The van der Waals surface area contributed by atoms with Crippen molar-refractivity contribution in [3.8, 4) is 6.07 Å². The molecule has 2 aliphatic rings. The second-order valence-corrected chi connectivity index (χ2v) is 6.78. The van der Waals surface area contributed by atoms with Gasteiger partial charge in [0.25, 0.3) is 0 Å². The fourth-order valence-electron chi connectivity index (χ4n) is 3.81. The first-order valence-electron chi connectivity index (χ1n) is 8.63. The number of nitriles is 1. The Kier molecular flexibility index (Phi) is 6.50. The summed E-state index contributed by atoms with van der Waals surface area (Å²) in [6.45, 7) is 1.88. The molecule has 0 aromatic heterocycles. The van der Waals surface area contributed by atoms with Gasteiger partial charge in [0.05, 0.1) is 6.07 Å². The molecule has 4 nitrogen and oxygen atoms in total. The molecular weight excluding hydrogens is 262 g/mol. The van der Waals surface area contributed by atoms with Gasteiger partial charge in [-0.25, -0.2) is 0 Å². The second-order valence-electron chi connectivity index (χ2n) is 6.78. The molecule has 1 heterocycles. The Labute approximate surface area is 128 Å². The number of carbonyl (C=O) groups is 1. The van der Waals surface area contributed by atoms with Crippen molar-refractivity contribution in [1.82, 2.24) is 10.6 Å². The molecule has 2 fully saturated rings. The van der Waals surface area contributed by atoms with Gasteiger partial charge in [-0.3, -0.25) is 4.79 Å².